The van der Waals surface area contributed by atoms with Gasteiger partial charge in [-0.1, -0.05) is 31.2 Å². The third-order valence-electron chi connectivity index (χ3n) is 2.53. The number of benzene rings is 1. The van der Waals surface area contributed by atoms with Crippen molar-refractivity contribution >= 4 is 0 Å². The Morgan fingerprint density at radius 1 is 1.20 bits per heavy atom. The van der Waals surface area contributed by atoms with Gasteiger partial charge in [-0.25, -0.2) is 0 Å². The van der Waals surface area contributed by atoms with Crippen LogP contribution in [-0.4, -0.2) is 25.5 Å². The van der Waals surface area contributed by atoms with E-state index < -0.39 is 0 Å². The van der Waals surface area contributed by atoms with Crippen LogP contribution in [-0.2, 0) is 13.1 Å². The second-order valence-corrected chi connectivity index (χ2v) is 4.04. The topological polar surface area (TPSA) is 15.3 Å². The van der Waals surface area contributed by atoms with Gasteiger partial charge in [0.2, 0.25) is 0 Å². The van der Waals surface area contributed by atoms with Crippen LogP contribution in [0.1, 0.15) is 24.5 Å². The number of hydrogen-bond acceptors (Lipinski definition) is 2. The molecule has 84 valence electrons. The molecule has 0 fully saturated rings. The quantitative estimate of drug-likeness (QED) is 0.768. The van der Waals surface area contributed by atoms with Crippen LogP contribution in [0.25, 0.3) is 0 Å². The molecule has 0 radical (unpaired) electrons. The minimum absolute atomic E-state index is 0.955. The zero-order chi connectivity index (χ0) is 11.1. The van der Waals surface area contributed by atoms with Crippen LogP contribution in [0, 0.1) is 0 Å². The molecule has 0 atom stereocenters. The van der Waals surface area contributed by atoms with Crippen LogP contribution in [0.5, 0.6) is 0 Å². The molecule has 15 heavy (non-hydrogen) atoms. The highest BCUT2D eigenvalue weighted by atomic mass is 15.1. The molecule has 1 rings (SSSR count). The highest BCUT2D eigenvalue weighted by Gasteiger charge is 2.03. The smallest absolute Gasteiger partial charge is 0.0233 e. The van der Waals surface area contributed by atoms with Gasteiger partial charge in [0.25, 0.3) is 0 Å². The van der Waals surface area contributed by atoms with Gasteiger partial charge in [-0.15, -0.1) is 0 Å². The Bertz CT molecular complexity index is 284. The maximum Gasteiger partial charge on any atom is 0.0233 e. The molecule has 1 aromatic rings. The summed E-state index contributed by atoms with van der Waals surface area (Å²) < 4.78 is 0. The Balaban J connectivity index is 2.66. The highest BCUT2D eigenvalue weighted by Crippen LogP contribution is 2.10. The van der Waals surface area contributed by atoms with E-state index in [1.165, 1.54) is 17.5 Å². The lowest BCUT2D eigenvalue weighted by molar-refractivity contribution is 0.326. The lowest BCUT2D eigenvalue weighted by atomic mass is 10.1. The highest BCUT2D eigenvalue weighted by molar-refractivity contribution is 5.26. The number of hydrogen-bond donors (Lipinski definition) is 1. The van der Waals surface area contributed by atoms with Crippen molar-refractivity contribution in [3.05, 3.63) is 35.4 Å². The standard InChI is InChI=1S/C13H22N2/c1-4-9-15(3)11-13-8-6-5-7-12(13)10-14-2/h5-8,14H,4,9-11H2,1-3H3. The molecule has 2 nitrogen and oxygen atoms in total. The van der Waals surface area contributed by atoms with E-state index in [1.807, 2.05) is 7.05 Å². The van der Waals surface area contributed by atoms with Crippen LogP contribution < -0.4 is 5.32 Å². The van der Waals surface area contributed by atoms with Crippen LogP contribution >= 0.6 is 0 Å². The fraction of sp³-hybridized carbons (Fsp3) is 0.538. The van der Waals surface area contributed by atoms with E-state index in [-0.39, 0.29) is 0 Å². The molecular weight excluding hydrogens is 184 g/mol. The largest absolute Gasteiger partial charge is 0.316 e. The van der Waals surface area contributed by atoms with Gasteiger partial charge in [-0.3, -0.25) is 0 Å². The Kier molecular flexibility index (Phi) is 5.37. The summed E-state index contributed by atoms with van der Waals surface area (Å²) in [7, 11) is 4.17. The van der Waals surface area contributed by atoms with Gasteiger partial charge in [-0.05, 0) is 38.2 Å². The molecule has 0 aliphatic rings. The normalized spacial score (nSPS) is 10.9. The minimum Gasteiger partial charge on any atom is -0.316 e. The summed E-state index contributed by atoms with van der Waals surface area (Å²) in [6, 6.07) is 8.65. The molecule has 0 aliphatic carbocycles. The number of rotatable bonds is 6. The van der Waals surface area contributed by atoms with Crippen LogP contribution in [0.3, 0.4) is 0 Å². The molecule has 0 bridgehead atoms. The van der Waals surface area contributed by atoms with E-state index >= 15 is 0 Å². The lowest BCUT2D eigenvalue weighted by Gasteiger charge is -2.17. The first-order valence-electron chi connectivity index (χ1n) is 5.67. The van der Waals surface area contributed by atoms with Crippen molar-refractivity contribution in [1.82, 2.24) is 10.2 Å². The molecule has 0 aliphatic heterocycles. The van der Waals surface area contributed by atoms with Crippen molar-refractivity contribution in [2.75, 3.05) is 20.6 Å². The average Bonchev–Trinajstić information content (AvgIpc) is 2.21. The molecule has 2 heteroatoms. The Morgan fingerprint density at radius 2 is 1.87 bits per heavy atom. The first kappa shape index (κ1) is 12.2. The van der Waals surface area contributed by atoms with Gasteiger partial charge in [0, 0.05) is 13.1 Å². The monoisotopic (exact) mass is 206 g/mol. The molecule has 0 unspecified atom stereocenters. The Hall–Kier alpha value is -0.860. The van der Waals surface area contributed by atoms with E-state index in [0.717, 1.165) is 19.6 Å². The second-order valence-electron chi connectivity index (χ2n) is 4.04. The molecule has 1 N–H and O–H groups in total. The van der Waals surface area contributed by atoms with E-state index in [2.05, 4.69) is 48.5 Å². The van der Waals surface area contributed by atoms with Crippen molar-refractivity contribution in [3.63, 3.8) is 0 Å². The van der Waals surface area contributed by atoms with Crippen molar-refractivity contribution in [2.24, 2.45) is 0 Å². The number of nitrogens with one attached hydrogen (secondary N) is 1. The summed E-state index contributed by atoms with van der Waals surface area (Å²) in [5, 5.41) is 3.21. The van der Waals surface area contributed by atoms with Gasteiger partial charge in [0.05, 0.1) is 0 Å². The van der Waals surface area contributed by atoms with E-state index in [9.17, 15) is 0 Å². The maximum atomic E-state index is 3.21. The Morgan fingerprint density at radius 3 is 2.47 bits per heavy atom. The fourth-order valence-corrected chi connectivity index (χ4v) is 1.83. The van der Waals surface area contributed by atoms with Crippen molar-refractivity contribution in [3.8, 4) is 0 Å². The summed E-state index contributed by atoms with van der Waals surface area (Å²) in [5.41, 5.74) is 2.84. The second kappa shape index (κ2) is 6.59. The summed E-state index contributed by atoms with van der Waals surface area (Å²) in [4.78, 5) is 2.37. The third-order valence-corrected chi connectivity index (χ3v) is 2.53. The van der Waals surface area contributed by atoms with Gasteiger partial charge in [0.15, 0.2) is 0 Å². The Labute approximate surface area is 93.3 Å². The first-order chi connectivity index (χ1) is 7.27. The fourth-order valence-electron chi connectivity index (χ4n) is 1.83. The SMILES string of the molecule is CCCN(C)Cc1ccccc1CNC. The third kappa shape index (κ3) is 4.02. The molecule has 0 heterocycles. The summed E-state index contributed by atoms with van der Waals surface area (Å²) in [5.74, 6) is 0. The van der Waals surface area contributed by atoms with Gasteiger partial charge < -0.3 is 10.2 Å². The summed E-state index contributed by atoms with van der Waals surface area (Å²) >= 11 is 0. The summed E-state index contributed by atoms with van der Waals surface area (Å²) in [6.45, 7) is 5.38. The predicted octanol–water partition coefficient (Wildman–Crippen LogP) is 2.25. The van der Waals surface area contributed by atoms with Crippen LogP contribution in [0.2, 0.25) is 0 Å². The molecule has 0 saturated heterocycles. The molecular formula is C13H22N2. The average molecular weight is 206 g/mol. The van der Waals surface area contributed by atoms with Gasteiger partial charge >= 0.3 is 0 Å². The number of nitrogens with zero attached hydrogens (tertiary/aromatic N) is 1. The maximum absolute atomic E-state index is 3.21. The van der Waals surface area contributed by atoms with Gasteiger partial charge in [0.1, 0.15) is 0 Å². The molecule has 0 amide bonds. The minimum atomic E-state index is 0.955. The lowest BCUT2D eigenvalue weighted by Crippen LogP contribution is -2.20. The van der Waals surface area contributed by atoms with E-state index in [4.69, 9.17) is 0 Å². The zero-order valence-electron chi connectivity index (χ0n) is 10.1. The van der Waals surface area contributed by atoms with E-state index in [0.29, 0.717) is 0 Å². The molecule has 1 aromatic carbocycles. The van der Waals surface area contributed by atoms with Gasteiger partial charge in [-0.2, -0.15) is 0 Å². The summed E-state index contributed by atoms with van der Waals surface area (Å²) in [6.07, 6.45) is 1.21. The van der Waals surface area contributed by atoms with Crippen molar-refractivity contribution < 1.29 is 0 Å². The zero-order valence-corrected chi connectivity index (χ0v) is 10.1. The van der Waals surface area contributed by atoms with Crippen LogP contribution in [0.15, 0.2) is 24.3 Å². The molecule has 0 saturated carbocycles. The predicted molar refractivity (Wildman–Crippen MR) is 65.8 cm³/mol. The van der Waals surface area contributed by atoms with Crippen LogP contribution in [0.4, 0.5) is 0 Å². The molecule has 0 spiro atoms. The molecule has 0 aromatic heterocycles. The first-order valence-corrected chi connectivity index (χ1v) is 5.67. The van der Waals surface area contributed by atoms with Crippen molar-refractivity contribution in [1.29, 1.82) is 0 Å². The van der Waals surface area contributed by atoms with E-state index in [1.54, 1.807) is 0 Å². The van der Waals surface area contributed by atoms with Crippen molar-refractivity contribution in [2.45, 2.75) is 26.4 Å².